The van der Waals surface area contributed by atoms with Crippen LogP contribution in [0.15, 0.2) is 33.4 Å². The van der Waals surface area contributed by atoms with Gasteiger partial charge in [-0.1, -0.05) is 5.16 Å². The lowest BCUT2D eigenvalue weighted by Crippen LogP contribution is -2.71. The zero-order valence-electron chi connectivity index (χ0n) is 19.5. The first-order valence-corrected chi connectivity index (χ1v) is 13.2. The van der Waals surface area contributed by atoms with Crippen LogP contribution in [-0.2, 0) is 19.2 Å². The number of rotatable bonds is 7. The molecular formula is C20H21N9O7S2. The Hall–Kier alpha value is -4.06. The third kappa shape index (κ3) is 4.34. The molecule has 4 aliphatic rings. The molecule has 0 radical (unpaired) electrons. The minimum Gasteiger partial charge on any atom is -0.477 e. The maximum Gasteiger partial charge on any atom is 0.352 e. The Morgan fingerprint density at radius 1 is 1.26 bits per heavy atom. The molecule has 5 heterocycles. The Labute approximate surface area is 222 Å². The minimum atomic E-state index is -1.34. The number of nitrogen functional groups attached to an aromatic ring is 1. The molecule has 3 fully saturated rings. The van der Waals surface area contributed by atoms with E-state index in [2.05, 4.69) is 25.1 Å². The van der Waals surface area contributed by atoms with Gasteiger partial charge in [0.15, 0.2) is 5.13 Å². The van der Waals surface area contributed by atoms with E-state index < -0.39 is 34.9 Å². The van der Waals surface area contributed by atoms with Crippen LogP contribution in [0.3, 0.4) is 0 Å². The number of carboxylic acids is 1. The fourth-order valence-corrected chi connectivity index (χ4v) is 6.61. The molecule has 0 unspecified atom stereocenters. The predicted octanol–water partition coefficient (Wildman–Crippen LogP) is -1.05. The second-order valence-corrected chi connectivity index (χ2v) is 10.7. The van der Waals surface area contributed by atoms with Gasteiger partial charge in [0.2, 0.25) is 17.4 Å². The molecule has 1 aromatic rings. The highest BCUT2D eigenvalue weighted by Crippen LogP contribution is 2.41. The molecule has 3 atom stereocenters. The molecule has 3 saturated heterocycles. The fraction of sp³-hybridized carbons (Fsp3) is 0.450. The van der Waals surface area contributed by atoms with Crippen molar-refractivity contribution in [2.24, 2.45) is 10.4 Å². The number of aliphatic carboxylic acids is 1. The average molecular weight is 564 g/mol. The van der Waals surface area contributed by atoms with Gasteiger partial charge >= 0.3 is 5.97 Å². The van der Waals surface area contributed by atoms with Gasteiger partial charge in [-0.3, -0.25) is 24.3 Å². The van der Waals surface area contributed by atoms with E-state index in [-0.39, 0.29) is 34.4 Å². The number of amides is 3. The monoisotopic (exact) mass is 563 g/mol. The molecule has 0 aliphatic carbocycles. The fourth-order valence-electron chi connectivity index (χ4n) is 4.87. The molecular weight excluding hydrogens is 542 g/mol. The van der Waals surface area contributed by atoms with Gasteiger partial charge in [-0.15, -0.1) is 16.7 Å². The molecule has 0 bridgehead atoms. The molecule has 38 heavy (non-hydrogen) atoms. The molecule has 1 aromatic heterocycles. The number of carbonyl (C=O) groups is 4. The number of carbonyl (C=O) groups excluding carboxylic acids is 3. The quantitative estimate of drug-likeness (QED) is 0.0779. The molecule has 0 saturated carbocycles. The second-order valence-electron chi connectivity index (χ2n) is 8.80. The summed E-state index contributed by atoms with van der Waals surface area (Å²) >= 11 is 2.01. The number of likely N-dealkylation sites (tertiary alicyclic amines) is 1. The summed E-state index contributed by atoms with van der Waals surface area (Å²) in [6.45, 7) is 1.27. The van der Waals surface area contributed by atoms with Gasteiger partial charge in [0.05, 0.1) is 17.9 Å². The number of hydrogen-bond donors (Lipinski definition) is 4. The summed E-state index contributed by atoms with van der Waals surface area (Å²) in [5.74, 6) is -3.21. The SMILES string of the molecule is Nc1nc(/C(=N/O)C(=O)N[C@@H]2C(=O)N3C(C(=O)O)=C(/C=C4\CCN([C@@H]5CCN(N=O)C5)C4=O)CS[C@H]23)ns1. The van der Waals surface area contributed by atoms with Gasteiger partial charge in [0.1, 0.15) is 17.1 Å². The lowest BCUT2D eigenvalue weighted by molar-refractivity contribution is -0.150. The van der Waals surface area contributed by atoms with Crippen molar-refractivity contribution in [3.05, 3.63) is 33.7 Å². The summed E-state index contributed by atoms with van der Waals surface area (Å²) in [5.41, 5.74) is 5.43. The number of thioether (sulfide) groups is 1. The highest BCUT2D eigenvalue weighted by Gasteiger charge is 2.54. The van der Waals surface area contributed by atoms with Crippen LogP contribution in [0.25, 0.3) is 0 Å². The molecule has 0 aromatic carbocycles. The van der Waals surface area contributed by atoms with Gasteiger partial charge < -0.3 is 26.3 Å². The number of fused-ring (bicyclic) bond motifs is 1. The largest absolute Gasteiger partial charge is 0.477 e. The van der Waals surface area contributed by atoms with E-state index in [0.29, 0.717) is 43.6 Å². The van der Waals surface area contributed by atoms with Crippen molar-refractivity contribution in [3.8, 4) is 0 Å². The number of β-lactam (4-membered cyclic amide) rings is 1. The number of nitrogens with zero attached hydrogens (tertiary/aromatic N) is 7. The number of carboxylic acid groups (broad SMARTS) is 1. The number of oxime groups is 1. The van der Waals surface area contributed by atoms with Crippen molar-refractivity contribution in [1.29, 1.82) is 0 Å². The van der Waals surface area contributed by atoms with Crippen LogP contribution < -0.4 is 11.1 Å². The standard InChI is InChI=1S/C20H21N9O7S2/c21-20-23-14(25-38-20)11(24-35)15(30)22-12-17(32)29-13(19(33)34)9(7-37-18(12)29)5-8-1-4-28(16(8)31)10-2-3-27(6-10)26-36/h5,10,12,18,35H,1-4,6-7H2,(H,22,30)(H,33,34)(H2,21,23,25)/b8-5+,24-11-/t10-,12-,18-/m1/s1. The molecule has 3 amide bonds. The summed E-state index contributed by atoms with van der Waals surface area (Å²) in [7, 11) is 0. The molecule has 16 nitrogen and oxygen atoms in total. The highest BCUT2D eigenvalue weighted by atomic mass is 32.2. The van der Waals surface area contributed by atoms with Gasteiger partial charge in [-0.2, -0.15) is 9.36 Å². The summed E-state index contributed by atoms with van der Waals surface area (Å²) in [5, 5.41) is 28.1. The smallest absolute Gasteiger partial charge is 0.352 e. The van der Waals surface area contributed by atoms with Gasteiger partial charge in [0.25, 0.3) is 11.8 Å². The van der Waals surface area contributed by atoms with E-state index >= 15 is 0 Å². The van der Waals surface area contributed by atoms with Gasteiger partial charge in [-0.05, 0) is 24.5 Å². The van der Waals surface area contributed by atoms with E-state index in [9.17, 15) is 34.4 Å². The Balaban J connectivity index is 1.32. The zero-order chi connectivity index (χ0) is 27.1. The highest BCUT2D eigenvalue weighted by molar-refractivity contribution is 8.00. The molecule has 5 N–H and O–H groups in total. The topological polar surface area (TPSA) is 224 Å². The summed E-state index contributed by atoms with van der Waals surface area (Å²) in [6, 6.07) is -1.22. The van der Waals surface area contributed by atoms with E-state index in [4.69, 9.17) is 5.73 Å². The lowest BCUT2D eigenvalue weighted by atomic mass is 10.0. The van der Waals surface area contributed by atoms with Crippen LogP contribution in [0.5, 0.6) is 0 Å². The Bertz CT molecular complexity index is 1330. The lowest BCUT2D eigenvalue weighted by Gasteiger charge is -2.49. The molecule has 0 spiro atoms. The minimum absolute atomic E-state index is 0.0487. The maximum absolute atomic E-state index is 13.0. The third-order valence-corrected chi connectivity index (χ3v) is 8.50. The first-order chi connectivity index (χ1) is 18.2. The first-order valence-electron chi connectivity index (χ1n) is 11.4. The van der Waals surface area contributed by atoms with Crippen molar-refractivity contribution in [1.82, 2.24) is 29.5 Å². The number of allylic oxidation sites excluding steroid dienone is 1. The molecule has 18 heteroatoms. The third-order valence-electron chi connectivity index (χ3n) is 6.66. The van der Waals surface area contributed by atoms with Crippen LogP contribution in [-0.4, -0.2) is 107 Å². The number of aromatic nitrogens is 2. The normalized spacial score (nSPS) is 26.6. The number of hydrogen-bond acceptors (Lipinski definition) is 13. The number of anilines is 1. The van der Waals surface area contributed by atoms with Gasteiger partial charge in [-0.25, -0.2) is 4.79 Å². The second kappa shape index (κ2) is 10.0. The summed E-state index contributed by atoms with van der Waals surface area (Å²) in [6.07, 6.45) is 2.54. The predicted molar refractivity (Wildman–Crippen MR) is 133 cm³/mol. The van der Waals surface area contributed by atoms with E-state index in [1.54, 1.807) is 4.90 Å². The van der Waals surface area contributed by atoms with Crippen LogP contribution in [0.4, 0.5) is 5.13 Å². The van der Waals surface area contributed by atoms with E-state index in [1.807, 2.05) is 0 Å². The molecule has 4 aliphatic heterocycles. The van der Waals surface area contributed by atoms with Crippen LogP contribution in [0, 0.1) is 4.91 Å². The van der Waals surface area contributed by atoms with Crippen molar-refractivity contribution >= 4 is 57.8 Å². The number of nitrogens with two attached hydrogens (primary N) is 1. The van der Waals surface area contributed by atoms with Crippen molar-refractivity contribution in [3.63, 3.8) is 0 Å². The van der Waals surface area contributed by atoms with Gasteiger partial charge in [0, 0.05) is 35.9 Å². The van der Waals surface area contributed by atoms with E-state index in [0.717, 1.165) is 16.4 Å². The number of nitrogens with one attached hydrogen (secondary N) is 1. The summed E-state index contributed by atoms with van der Waals surface area (Å²) < 4.78 is 3.81. The van der Waals surface area contributed by atoms with Crippen molar-refractivity contribution in [2.75, 3.05) is 31.1 Å². The Morgan fingerprint density at radius 3 is 2.68 bits per heavy atom. The summed E-state index contributed by atoms with van der Waals surface area (Å²) in [4.78, 5) is 68.1. The van der Waals surface area contributed by atoms with Crippen molar-refractivity contribution in [2.45, 2.75) is 30.3 Å². The average Bonchev–Trinajstić information content (AvgIpc) is 3.63. The Kier molecular flexibility index (Phi) is 6.74. The molecule has 5 rings (SSSR count). The Morgan fingerprint density at radius 2 is 2.05 bits per heavy atom. The van der Waals surface area contributed by atoms with E-state index in [1.165, 1.54) is 22.8 Å². The van der Waals surface area contributed by atoms with Crippen LogP contribution >= 0.6 is 23.3 Å². The van der Waals surface area contributed by atoms with Crippen molar-refractivity contribution < 1.29 is 29.5 Å². The number of nitroso groups, excluding NO2 is 1. The zero-order valence-corrected chi connectivity index (χ0v) is 21.1. The molecule has 200 valence electrons. The van der Waals surface area contributed by atoms with Crippen LogP contribution in [0.1, 0.15) is 18.7 Å². The van der Waals surface area contributed by atoms with Crippen LogP contribution in [0.2, 0.25) is 0 Å². The maximum atomic E-state index is 13.0. The first kappa shape index (κ1) is 25.6.